The molecule has 6 nitrogen and oxygen atoms in total. The number of non-ortho nitro benzene ring substituents is 1. The maximum atomic E-state index is 11.0. The van der Waals surface area contributed by atoms with Crippen molar-refractivity contribution >= 4 is 22.1 Å². The zero-order valence-corrected chi connectivity index (χ0v) is 11.2. The van der Waals surface area contributed by atoms with E-state index in [-0.39, 0.29) is 10.6 Å². The zero-order chi connectivity index (χ0) is 14.7. The van der Waals surface area contributed by atoms with Crippen molar-refractivity contribution in [1.29, 1.82) is 0 Å². The van der Waals surface area contributed by atoms with Crippen LogP contribution in [0.3, 0.4) is 0 Å². The molecule has 0 fully saturated rings. The lowest BCUT2D eigenvalue weighted by molar-refractivity contribution is -0.383. The number of hydrogen-bond donors (Lipinski definition) is 1. The summed E-state index contributed by atoms with van der Waals surface area (Å²) in [4.78, 5) is 14.7. The van der Waals surface area contributed by atoms with E-state index < -0.39 is 0 Å². The first-order valence-corrected chi connectivity index (χ1v) is 6.53. The SMILES string of the molecule is O=[N+]([O-])c1ccc(NCCc2ccco2)c2cnccc12. The summed E-state index contributed by atoms with van der Waals surface area (Å²) < 4.78 is 5.27. The molecule has 2 aromatic heterocycles. The molecule has 106 valence electrons. The smallest absolute Gasteiger partial charge is 0.277 e. The van der Waals surface area contributed by atoms with Crippen LogP contribution in [0.4, 0.5) is 11.4 Å². The summed E-state index contributed by atoms with van der Waals surface area (Å²) in [5.74, 6) is 0.895. The topological polar surface area (TPSA) is 81.2 Å². The van der Waals surface area contributed by atoms with Gasteiger partial charge in [-0.15, -0.1) is 0 Å². The Kier molecular flexibility index (Phi) is 3.51. The second kappa shape index (κ2) is 5.62. The van der Waals surface area contributed by atoms with E-state index in [4.69, 9.17) is 4.42 Å². The Morgan fingerprint density at radius 1 is 1.24 bits per heavy atom. The van der Waals surface area contributed by atoms with Crippen LogP contribution >= 0.6 is 0 Å². The van der Waals surface area contributed by atoms with Crippen molar-refractivity contribution in [2.75, 3.05) is 11.9 Å². The number of benzene rings is 1. The monoisotopic (exact) mass is 283 g/mol. The van der Waals surface area contributed by atoms with E-state index in [9.17, 15) is 10.1 Å². The molecule has 0 amide bonds. The molecule has 0 radical (unpaired) electrons. The second-order valence-corrected chi connectivity index (χ2v) is 4.57. The van der Waals surface area contributed by atoms with E-state index >= 15 is 0 Å². The first-order chi connectivity index (χ1) is 10.3. The molecular weight excluding hydrogens is 270 g/mol. The highest BCUT2D eigenvalue weighted by atomic mass is 16.6. The van der Waals surface area contributed by atoms with Gasteiger partial charge in [-0.1, -0.05) is 0 Å². The number of fused-ring (bicyclic) bond motifs is 1. The highest BCUT2D eigenvalue weighted by Gasteiger charge is 2.13. The number of nitrogens with one attached hydrogen (secondary N) is 1. The lowest BCUT2D eigenvalue weighted by atomic mass is 10.1. The standard InChI is InChI=1S/C15H13N3O3/c19-18(20)15-4-3-14(13-10-16-7-6-12(13)15)17-8-5-11-2-1-9-21-11/h1-4,6-7,9-10,17H,5,8H2. The molecule has 3 aromatic rings. The van der Waals surface area contributed by atoms with Crippen molar-refractivity contribution in [2.24, 2.45) is 0 Å². The van der Waals surface area contributed by atoms with E-state index in [1.54, 1.807) is 30.8 Å². The summed E-state index contributed by atoms with van der Waals surface area (Å²) in [5, 5.41) is 15.6. The third-order valence-corrected chi connectivity index (χ3v) is 3.26. The normalized spacial score (nSPS) is 10.7. The first-order valence-electron chi connectivity index (χ1n) is 6.53. The number of nitro benzene ring substituents is 1. The van der Waals surface area contributed by atoms with Gasteiger partial charge in [0.1, 0.15) is 5.76 Å². The lowest BCUT2D eigenvalue weighted by Gasteiger charge is -2.09. The summed E-state index contributed by atoms with van der Waals surface area (Å²) in [7, 11) is 0. The molecule has 0 bridgehead atoms. The maximum Gasteiger partial charge on any atom is 0.277 e. The summed E-state index contributed by atoms with van der Waals surface area (Å²) >= 11 is 0. The zero-order valence-electron chi connectivity index (χ0n) is 11.2. The minimum absolute atomic E-state index is 0.0870. The van der Waals surface area contributed by atoms with Crippen LogP contribution in [0.15, 0.2) is 53.4 Å². The van der Waals surface area contributed by atoms with Crippen LogP contribution < -0.4 is 5.32 Å². The van der Waals surface area contributed by atoms with Crippen molar-refractivity contribution < 1.29 is 9.34 Å². The molecule has 0 unspecified atom stereocenters. The maximum absolute atomic E-state index is 11.0. The van der Waals surface area contributed by atoms with Gasteiger partial charge < -0.3 is 9.73 Å². The third-order valence-electron chi connectivity index (χ3n) is 3.26. The predicted octanol–water partition coefficient (Wildman–Crippen LogP) is 3.39. The Morgan fingerprint density at radius 2 is 2.14 bits per heavy atom. The summed E-state index contributed by atoms with van der Waals surface area (Å²) in [5.41, 5.74) is 0.916. The molecule has 0 saturated heterocycles. The van der Waals surface area contributed by atoms with Gasteiger partial charge in [-0.2, -0.15) is 0 Å². The molecule has 0 aliphatic carbocycles. The summed E-state index contributed by atoms with van der Waals surface area (Å²) in [6.07, 6.45) is 5.58. The van der Waals surface area contributed by atoms with E-state index in [2.05, 4.69) is 10.3 Å². The number of pyridine rings is 1. The van der Waals surface area contributed by atoms with Gasteiger partial charge in [0.25, 0.3) is 5.69 Å². The number of hydrogen-bond acceptors (Lipinski definition) is 5. The van der Waals surface area contributed by atoms with Crippen molar-refractivity contribution in [3.8, 4) is 0 Å². The van der Waals surface area contributed by atoms with E-state index in [1.165, 1.54) is 6.07 Å². The number of furan rings is 1. The number of anilines is 1. The van der Waals surface area contributed by atoms with Crippen molar-refractivity contribution in [3.05, 3.63) is 64.9 Å². The predicted molar refractivity (Wildman–Crippen MR) is 79.3 cm³/mol. The largest absolute Gasteiger partial charge is 0.469 e. The fraction of sp³-hybridized carbons (Fsp3) is 0.133. The van der Waals surface area contributed by atoms with Crippen LogP contribution in [0.2, 0.25) is 0 Å². The molecule has 1 N–H and O–H groups in total. The van der Waals surface area contributed by atoms with Crippen molar-refractivity contribution in [2.45, 2.75) is 6.42 Å². The van der Waals surface area contributed by atoms with Crippen LogP contribution in [0.1, 0.15) is 5.76 Å². The molecular formula is C15H13N3O3. The van der Waals surface area contributed by atoms with Crippen molar-refractivity contribution in [3.63, 3.8) is 0 Å². The van der Waals surface area contributed by atoms with Crippen LogP contribution in [0, 0.1) is 10.1 Å². The molecule has 21 heavy (non-hydrogen) atoms. The second-order valence-electron chi connectivity index (χ2n) is 4.57. The average molecular weight is 283 g/mol. The highest BCUT2D eigenvalue weighted by molar-refractivity contribution is 5.99. The van der Waals surface area contributed by atoms with Crippen LogP contribution in [0.5, 0.6) is 0 Å². The summed E-state index contributed by atoms with van der Waals surface area (Å²) in [6.45, 7) is 0.676. The van der Waals surface area contributed by atoms with Gasteiger partial charge >= 0.3 is 0 Å². The van der Waals surface area contributed by atoms with Gasteiger partial charge in [0.05, 0.1) is 16.6 Å². The fourth-order valence-corrected chi connectivity index (χ4v) is 2.26. The molecule has 6 heteroatoms. The van der Waals surface area contributed by atoms with Gasteiger partial charge in [0.15, 0.2) is 0 Å². The van der Waals surface area contributed by atoms with E-state index in [1.807, 2.05) is 12.1 Å². The summed E-state index contributed by atoms with van der Waals surface area (Å²) in [6, 6.07) is 8.64. The van der Waals surface area contributed by atoms with Gasteiger partial charge in [-0.05, 0) is 24.3 Å². The number of nitrogens with zero attached hydrogens (tertiary/aromatic N) is 2. The molecule has 0 atom stereocenters. The number of nitro groups is 1. The Labute approximate surface area is 120 Å². The Morgan fingerprint density at radius 3 is 2.90 bits per heavy atom. The molecule has 2 heterocycles. The molecule has 0 aliphatic heterocycles. The Bertz CT molecular complexity index is 769. The minimum atomic E-state index is -0.380. The first kappa shape index (κ1) is 13.1. The molecule has 0 aliphatic rings. The number of rotatable bonds is 5. The molecule has 0 saturated carbocycles. The van der Waals surface area contributed by atoms with Gasteiger partial charge in [-0.3, -0.25) is 15.1 Å². The lowest BCUT2D eigenvalue weighted by Crippen LogP contribution is -2.05. The fourth-order valence-electron chi connectivity index (χ4n) is 2.26. The van der Waals surface area contributed by atoms with Gasteiger partial charge in [-0.25, -0.2) is 0 Å². The van der Waals surface area contributed by atoms with E-state index in [0.29, 0.717) is 11.9 Å². The van der Waals surface area contributed by atoms with Crippen molar-refractivity contribution in [1.82, 2.24) is 4.98 Å². The quantitative estimate of drug-likeness (QED) is 0.573. The molecule has 0 spiro atoms. The van der Waals surface area contributed by atoms with Crippen LogP contribution in [-0.2, 0) is 6.42 Å². The minimum Gasteiger partial charge on any atom is -0.469 e. The van der Waals surface area contributed by atoms with Crippen LogP contribution in [0.25, 0.3) is 10.8 Å². The molecule has 3 rings (SSSR count). The van der Waals surface area contributed by atoms with Gasteiger partial charge in [0, 0.05) is 42.5 Å². The average Bonchev–Trinajstić information content (AvgIpc) is 3.00. The van der Waals surface area contributed by atoms with Crippen LogP contribution in [-0.4, -0.2) is 16.5 Å². The molecule has 1 aromatic carbocycles. The highest BCUT2D eigenvalue weighted by Crippen LogP contribution is 2.30. The number of aromatic nitrogens is 1. The Balaban J connectivity index is 1.85. The third kappa shape index (κ3) is 2.69. The Hall–Kier alpha value is -2.89. The van der Waals surface area contributed by atoms with E-state index in [0.717, 1.165) is 23.3 Å². The van der Waals surface area contributed by atoms with Gasteiger partial charge in [0.2, 0.25) is 0 Å².